The lowest BCUT2D eigenvalue weighted by atomic mass is 10.1. The first-order valence-corrected chi connectivity index (χ1v) is 6.26. The fourth-order valence-corrected chi connectivity index (χ4v) is 1.47. The third-order valence-electron chi connectivity index (χ3n) is 2.48. The third kappa shape index (κ3) is 4.26. The molecule has 1 rings (SSSR count). The van der Waals surface area contributed by atoms with Gasteiger partial charge < -0.3 is 14.2 Å². The number of hydrogen-bond acceptors (Lipinski definition) is 4. The third-order valence-corrected chi connectivity index (χ3v) is 2.48. The molecule has 0 bridgehead atoms. The number of benzene rings is 1. The number of carbonyl (C=O) groups is 1. The normalized spacial score (nSPS) is 11.4. The summed E-state index contributed by atoms with van der Waals surface area (Å²) in [6, 6.07) is 4.42. The van der Waals surface area contributed by atoms with Crippen molar-refractivity contribution in [3.8, 4) is 5.75 Å². The number of rotatable bonds is 6. The SMILES string of the molecule is CCOC(=O)C(C)(C)Oc1ccc(/C=C/OC)cc1F. The minimum Gasteiger partial charge on any atom is -0.504 e. The molecule has 0 heterocycles. The second-order valence-corrected chi connectivity index (χ2v) is 4.56. The monoisotopic (exact) mass is 282 g/mol. The van der Waals surface area contributed by atoms with Crippen LogP contribution in [-0.2, 0) is 14.3 Å². The summed E-state index contributed by atoms with van der Waals surface area (Å²) in [6.07, 6.45) is 3.06. The van der Waals surface area contributed by atoms with Crippen LogP contribution in [0.25, 0.3) is 6.08 Å². The molecule has 0 amide bonds. The maximum Gasteiger partial charge on any atom is 0.349 e. The number of esters is 1. The maximum atomic E-state index is 13.9. The molecule has 0 aliphatic carbocycles. The minimum atomic E-state index is -1.25. The van der Waals surface area contributed by atoms with Gasteiger partial charge in [-0.3, -0.25) is 0 Å². The minimum absolute atomic E-state index is 0.00220. The highest BCUT2D eigenvalue weighted by Gasteiger charge is 2.32. The Balaban J connectivity index is 2.88. The van der Waals surface area contributed by atoms with Crippen LogP contribution in [0, 0.1) is 5.82 Å². The Morgan fingerprint density at radius 2 is 2.10 bits per heavy atom. The standard InChI is InChI=1S/C15H19FO4/c1-5-19-14(17)15(2,3)20-13-7-6-11(8-9-18-4)10-12(13)16/h6-10H,5H2,1-4H3/b9-8+. The number of carbonyl (C=O) groups excluding carboxylic acids is 1. The predicted molar refractivity (Wildman–Crippen MR) is 73.8 cm³/mol. The largest absolute Gasteiger partial charge is 0.504 e. The molecule has 0 N–H and O–H groups in total. The van der Waals surface area contributed by atoms with Crippen molar-refractivity contribution in [2.24, 2.45) is 0 Å². The van der Waals surface area contributed by atoms with Crippen LogP contribution >= 0.6 is 0 Å². The summed E-state index contributed by atoms with van der Waals surface area (Å²) in [5.41, 5.74) is -0.619. The molecule has 0 unspecified atom stereocenters. The van der Waals surface area contributed by atoms with Crippen LogP contribution in [0.4, 0.5) is 4.39 Å². The molecule has 0 aromatic heterocycles. The number of ether oxygens (including phenoxy) is 3. The second-order valence-electron chi connectivity index (χ2n) is 4.56. The molecular formula is C15H19FO4. The van der Waals surface area contributed by atoms with E-state index < -0.39 is 17.4 Å². The number of methoxy groups -OCH3 is 1. The Hall–Kier alpha value is -2.04. The summed E-state index contributed by atoms with van der Waals surface area (Å²) in [5, 5.41) is 0. The molecular weight excluding hydrogens is 263 g/mol. The van der Waals surface area contributed by atoms with Gasteiger partial charge >= 0.3 is 5.97 Å². The van der Waals surface area contributed by atoms with Crippen molar-refractivity contribution in [1.82, 2.24) is 0 Å². The summed E-state index contributed by atoms with van der Waals surface area (Å²) in [5.74, 6) is -1.10. The van der Waals surface area contributed by atoms with E-state index in [9.17, 15) is 9.18 Å². The van der Waals surface area contributed by atoms with Crippen LogP contribution in [-0.4, -0.2) is 25.3 Å². The van der Waals surface area contributed by atoms with E-state index >= 15 is 0 Å². The van der Waals surface area contributed by atoms with Crippen molar-refractivity contribution in [2.75, 3.05) is 13.7 Å². The van der Waals surface area contributed by atoms with Crippen LogP contribution in [0.15, 0.2) is 24.5 Å². The molecule has 5 heteroatoms. The van der Waals surface area contributed by atoms with Crippen molar-refractivity contribution in [3.63, 3.8) is 0 Å². The number of hydrogen-bond donors (Lipinski definition) is 0. The van der Waals surface area contributed by atoms with Crippen molar-refractivity contribution in [1.29, 1.82) is 0 Å². The zero-order valence-electron chi connectivity index (χ0n) is 12.1. The quantitative estimate of drug-likeness (QED) is 0.594. The molecule has 0 fully saturated rings. The second kappa shape index (κ2) is 6.93. The first-order valence-electron chi connectivity index (χ1n) is 6.26. The summed E-state index contributed by atoms with van der Waals surface area (Å²) >= 11 is 0. The maximum absolute atomic E-state index is 13.9. The molecule has 1 aromatic rings. The Morgan fingerprint density at radius 1 is 1.40 bits per heavy atom. The summed E-state index contributed by atoms with van der Waals surface area (Å²) < 4.78 is 28.9. The van der Waals surface area contributed by atoms with Gasteiger partial charge in [0.2, 0.25) is 0 Å². The average molecular weight is 282 g/mol. The molecule has 4 nitrogen and oxygen atoms in total. The lowest BCUT2D eigenvalue weighted by molar-refractivity contribution is -0.158. The van der Waals surface area contributed by atoms with E-state index in [-0.39, 0.29) is 12.4 Å². The van der Waals surface area contributed by atoms with Crippen LogP contribution in [0.5, 0.6) is 5.75 Å². The van der Waals surface area contributed by atoms with Gasteiger partial charge in [-0.2, -0.15) is 0 Å². The molecule has 0 saturated carbocycles. The molecule has 0 saturated heterocycles. The first kappa shape index (κ1) is 16.0. The Morgan fingerprint density at radius 3 is 2.65 bits per heavy atom. The molecule has 0 atom stereocenters. The van der Waals surface area contributed by atoms with Crippen LogP contribution in [0.1, 0.15) is 26.3 Å². The fraction of sp³-hybridized carbons (Fsp3) is 0.400. The van der Waals surface area contributed by atoms with Gasteiger partial charge in [-0.25, -0.2) is 9.18 Å². The summed E-state index contributed by atoms with van der Waals surface area (Å²) in [4.78, 5) is 11.7. The fourth-order valence-electron chi connectivity index (χ4n) is 1.47. The van der Waals surface area contributed by atoms with Gasteiger partial charge in [0.15, 0.2) is 17.2 Å². The van der Waals surface area contributed by atoms with Crippen molar-refractivity contribution >= 4 is 12.0 Å². The summed E-state index contributed by atoms with van der Waals surface area (Å²) in [7, 11) is 1.51. The molecule has 1 aromatic carbocycles. The zero-order chi connectivity index (χ0) is 15.2. The van der Waals surface area contributed by atoms with Crippen LogP contribution in [0.3, 0.4) is 0 Å². The van der Waals surface area contributed by atoms with E-state index in [1.807, 2.05) is 0 Å². The molecule has 20 heavy (non-hydrogen) atoms. The van der Waals surface area contributed by atoms with E-state index in [1.165, 1.54) is 39.4 Å². The molecule has 0 aliphatic heterocycles. The number of halogens is 1. The van der Waals surface area contributed by atoms with Gasteiger partial charge in [0.05, 0.1) is 20.0 Å². The van der Waals surface area contributed by atoms with Crippen molar-refractivity contribution in [2.45, 2.75) is 26.4 Å². The van der Waals surface area contributed by atoms with Gasteiger partial charge in [0.25, 0.3) is 0 Å². The highest BCUT2D eigenvalue weighted by Crippen LogP contribution is 2.24. The molecule has 110 valence electrons. The Labute approximate surface area is 118 Å². The van der Waals surface area contributed by atoms with E-state index in [4.69, 9.17) is 14.2 Å². The van der Waals surface area contributed by atoms with Crippen LogP contribution in [0.2, 0.25) is 0 Å². The Bertz CT molecular complexity index is 495. The van der Waals surface area contributed by atoms with E-state index in [0.29, 0.717) is 5.56 Å². The molecule has 0 aliphatic rings. The predicted octanol–water partition coefficient (Wildman–Crippen LogP) is 3.16. The molecule has 0 spiro atoms. The topological polar surface area (TPSA) is 44.8 Å². The van der Waals surface area contributed by atoms with Gasteiger partial charge in [-0.1, -0.05) is 6.07 Å². The van der Waals surface area contributed by atoms with E-state index in [1.54, 1.807) is 19.1 Å². The first-order chi connectivity index (χ1) is 9.40. The van der Waals surface area contributed by atoms with Gasteiger partial charge in [-0.05, 0) is 44.5 Å². The van der Waals surface area contributed by atoms with E-state index in [0.717, 1.165) is 0 Å². The van der Waals surface area contributed by atoms with Gasteiger partial charge in [0.1, 0.15) is 0 Å². The van der Waals surface area contributed by atoms with Crippen molar-refractivity contribution in [3.05, 3.63) is 35.8 Å². The lowest BCUT2D eigenvalue weighted by Gasteiger charge is -2.24. The van der Waals surface area contributed by atoms with Crippen LogP contribution < -0.4 is 4.74 Å². The van der Waals surface area contributed by atoms with E-state index in [2.05, 4.69) is 0 Å². The van der Waals surface area contributed by atoms with Gasteiger partial charge in [0, 0.05) is 0 Å². The smallest absolute Gasteiger partial charge is 0.349 e. The highest BCUT2D eigenvalue weighted by atomic mass is 19.1. The highest BCUT2D eigenvalue weighted by molar-refractivity contribution is 5.79. The molecule has 0 radical (unpaired) electrons. The lowest BCUT2D eigenvalue weighted by Crippen LogP contribution is -2.40. The van der Waals surface area contributed by atoms with Gasteiger partial charge in [-0.15, -0.1) is 0 Å². The zero-order valence-corrected chi connectivity index (χ0v) is 12.1. The van der Waals surface area contributed by atoms with Crippen molar-refractivity contribution < 1.29 is 23.4 Å². The summed E-state index contributed by atoms with van der Waals surface area (Å²) in [6.45, 7) is 5.01. The average Bonchev–Trinajstić information content (AvgIpc) is 2.39. The Kier molecular flexibility index (Phi) is 5.55.